The normalized spacial score (nSPS) is 15.2. The Bertz CT molecular complexity index is 541. The minimum absolute atomic E-state index is 1.40. The molecule has 0 aliphatic heterocycles. The van der Waals surface area contributed by atoms with Gasteiger partial charge in [-0.2, -0.15) is 61.5 Å². The van der Waals surface area contributed by atoms with E-state index in [0.29, 0.717) is 0 Å². The van der Waals surface area contributed by atoms with Crippen molar-refractivity contribution in [3.63, 3.8) is 0 Å². The number of ether oxygens (including phenoxy) is 2. The molecule has 26 heavy (non-hydrogen) atoms. The molecule has 0 unspecified atom stereocenters. The smallest absolute Gasteiger partial charge is 0.224 e. The van der Waals surface area contributed by atoms with E-state index < -0.39 is 48.4 Å². The molecule has 0 aliphatic rings. The van der Waals surface area contributed by atoms with Crippen LogP contribution in [0.1, 0.15) is 0 Å². The Morgan fingerprint density at radius 1 is 0.538 bits per heavy atom. The van der Waals surface area contributed by atoms with Gasteiger partial charge in [-0.15, -0.1) is 8.78 Å². The van der Waals surface area contributed by atoms with Crippen LogP contribution in [0.15, 0.2) is 11.9 Å². The van der Waals surface area contributed by atoms with Crippen LogP contribution < -0.4 is 0 Å². The van der Waals surface area contributed by atoms with E-state index in [-0.39, 0.29) is 0 Å². The van der Waals surface area contributed by atoms with Gasteiger partial charge in [-0.3, -0.25) is 0 Å². The topological polar surface area (TPSA) is 18.5 Å². The molecular formula is C8F16O2. The van der Waals surface area contributed by atoms with Crippen molar-refractivity contribution in [1.29, 1.82) is 0 Å². The molecule has 0 aliphatic carbocycles. The van der Waals surface area contributed by atoms with Crippen molar-refractivity contribution in [1.82, 2.24) is 0 Å². The van der Waals surface area contributed by atoms with Crippen LogP contribution in [0.25, 0.3) is 0 Å². The van der Waals surface area contributed by atoms with E-state index in [1.165, 1.54) is 4.74 Å². The van der Waals surface area contributed by atoms with Crippen molar-refractivity contribution in [2.75, 3.05) is 0 Å². The molecule has 0 aromatic heterocycles. The van der Waals surface area contributed by atoms with Crippen LogP contribution in [0.3, 0.4) is 0 Å². The summed E-state index contributed by atoms with van der Waals surface area (Å²) >= 11 is 0. The summed E-state index contributed by atoms with van der Waals surface area (Å²) in [5.41, 5.74) is 0. The highest BCUT2D eigenvalue weighted by molar-refractivity contribution is 5.00. The van der Waals surface area contributed by atoms with Crippen LogP contribution in [0, 0.1) is 0 Å². The van der Waals surface area contributed by atoms with Crippen molar-refractivity contribution >= 4 is 0 Å². The number of rotatable bonds is 7. The van der Waals surface area contributed by atoms with Crippen LogP contribution in [-0.2, 0) is 9.47 Å². The van der Waals surface area contributed by atoms with E-state index in [1.807, 2.05) is 0 Å². The largest absolute Gasteiger partial charge is 0.495 e. The number of alkyl halides is 13. The average Bonchev–Trinajstić information content (AvgIpc) is 2.32. The van der Waals surface area contributed by atoms with E-state index in [4.69, 9.17) is 0 Å². The maximum absolute atomic E-state index is 12.6. The van der Waals surface area contributed by atoms with E-state index in [0.717, 1.165) is 0 Å². The third-order valence-electron chi connectivity index (χ3n) is 2.03. The van der Waals surface area contributed by atoms with Gasteiger partial charge in [0.2, 0.25) is 0 Å². The molecule has 156 valence electrons. The lowest BCUT2D eigenvalue weighted by Crippen LogP contribution is -2.63. The van der Waals surface area contributed by atoms with Crippen LogP contribution in [-0.4, -0.2) is 36.5 Å². The van der Waals surface area contributed by atoms with E-state index in [2.05, 4.69) is 0 Å². The second-order valence-corrected chi connectivity index (χ2v) is 3.92. The Hall–Kier alpha value is -1.46. The lowest BCUT2D eigenvalue weighted by Gasteiger charge is -2.34. The van der Waals surface area contributed by atoms with Crippen molar-refractivity contribution in [2.45, 2.75) is 36.5 Å². The highest BCUT2D eigenvalue weighted by Crippen LogP contribution is 2.54. The second kappa shape index (κ2) is 6.61. The standard InChI is InChI=1S/C8F16O2/c9-1(2(10)11)3(12,13)25-8(23,24)26-7(21,22)5(16,17)4(14,15)6(18,19)20. The Balaban J connectivity index is 5.76. The van der Waals surface area contributed by atoms with Crippen LogP contribution in [0.4, 0.5) is 70.2 Å². The zero-order valence-electron chi connectivity index (χ0n) is 10.9. The maximum Gasteiger partial charge on any atom is 0.495 e. The SMILES string of the molecule is FC(F)=C(F)C(F)(F)OC(F)(F)OC(F)(F)C(F)(F)C(F)(F)C(F)(F)F. The molecule has 2 nitrogen and oxygen atoms in total. The van der Waals surface area contributed by atoms with Crippen LogP contribution in [0.2, 0.25) is 0 Å². The zero-order valence-corrected chi connectivity index (χ0v) is 10.9. The average molecular weight is 432 g/mol. The zero-order chi connectivity index (χ0) is 21.6. The van der Waals surface area contributed by atoms with Gasteiger partial charge >= 0.3 is 42.6 Å². The molecule has 0 radical (unpaired) electrons. The molecule has 0 aromatic carbocycles. The number of halogens is 16. The highest BCUT2D eigenvalue weighted by Gasteiger charge is 2.84. The molecule has 0 saturated carbocycles. The minimum atomic E-state index is -7.83. The summed E-state index contributed by atoms with van der Waals surface area (Å²) < 4.78 is 198. The Kier molecular flexibility index (Phi) is 6.24. The Morgan fingerprint density at radius 3 is 1.23 bits per heavy atom. The van der Waals surface area contributed by atoms with Gasteiger partial charge in [0.25, 0.3) is 5.83 Å². The fraction of sp³-hybridized carbons (Fsp3) is 0.750. The molecule has 0 N–H and O–H groups in total. The van der Waals surface area contributed by atoms with Gasteiger partial charge < -0.3 is 0 Å². The Morgan fingerprint density at radius 2 is 0.923 bits per heavy atom. The molecule has 0 spiro atoms. The highest BCUT2D eigenvalue weighted by atomic mass is 19.4. The first kappa shape index (κ1) is 24.5. The minimum Gasteiger partial charge on any atom is -0.224 e. The lowest BCUT2D eigenvalue weighted by molar-refractivity contribution is -0.546. The quantitative estimate of drug-likeness (QED) is 0.382. The summed E-state index contributed by atoms with van der Waals surface area (Å²) in [5, 5.41) is 0. The summed E-state index contributed by atoms with van der Waals surface area (Å²) in [4.78, 5) is 0. The fourth-order valence-electron chi connectivity index (χ4n) is 0.899. The summed E-state index contributed by atoms with van der Waals surface area (Å²) in [5.74, 6) is -19.7. The maximum atomic E-state index is 12.6. The van der Waals surface area contributed by atoms with Gasteiger partial charge in [0.15, 0.2) is 0 Å². The second-order valence-electron chi connectivity index (χ2n) is 3.92. The van der Waals surface area contributed by atoms with Crippen molar-refractivity contribution in [3.05, 3.63) is 11.9 Å². The molecule has 0 rings (SSSR count). The molecule has 0 aromatic rings. The first-order valence-electron chi connectivity index (χ1n) is 5.09. The molecule has 0 amide bonds. The molecule has 0 saturated heterocycles. The van der Waals surface area contributed by atoms with Crippen molar-refractivity contribution in [2.24, 2.45) is 0 Å². The molecule has 18 heteroatoms. The van der Waals surface area contributed by atoms with Crippen LogP contribution in [0.5, 0.6) is 0 Å². The van der Waals surface area contributed by atoms with Crippen LogP contribution >= 0.6 is 0 Å². The summed E-state index contributed by atoms with van der Waals surface area (Å²) in [6.07, 6.45) is -32.6. The third kappa shape index (κ3) is 4.63. The Labute approximate surface area is 129 Å². The molecule has 0 atom stereocenters. The van der Waals surface area contributed by atoms with E-state index in [9.17, 15) is 70.2 Å². The molecular weight excluding hydrogens is 432 g/mol. The van der Waals surface area contributed by atoms with E-state index >= 15 is 0 Å². The van der Waals surface area contributed by atoms with Gasteiger partial charge in [-0.1, -0.05) is 0 Å². The van der Waals surface area contributed by atoms with Gasteiger partial charge in [0.1, 0.15) is 0 Å². The number of hydrogen-bond acceptors (Lipinski definition) is 2. The number of hydrogen-bond donors (Lipinski definition) is 0. The van der Waals surface area contributed by atoms with Gasteiger partial charge in [0, 0.05) is 0 Å². The first-order chi connectivity index (χ1) is 11.0. The first-order valence-corrected chi connectivity index (χ1v) is 5.09. The predicted octanol–water partition coefficient (Wildman–Crippen LogP) is 5.67. The fourth-order valence-corrected chi connectivity index (χ4v) is 0.899. The summed E-state index contributed by atoms with van der Waals surface area (Å²) in [6, 6.07) is 0. The van der Waals surface area contributed by atoms with Gasteiger partial charge in [-0.05, 0) is 0 Å². The summed E-state index contributed by atoms with van der Waals surface area (Å²) in [6.45, 7) is 0. The molecule has 0 fully saturated rings. The van der Waals surface area contributed by atoms with Gasteiger partial charge in [-0.25, -0.2) is 9.47 Å². The lowest BCUT2D eigenvalue weighted by atomic mass is 10.1. The van der Waals surface area contributed by atoms with E-state index in [1.54, 1.807) is 4.74 Å². The monoisotopic (exact) mass is 432 g/mol. The van der Waals surface area contributed by atoms with Gasteiger partial charge in [0.05, 0.1) is 0 Å². The third-order valence-corrected chi connectivity index (χ3v) is 2.03. The molecule has 0 bridgehead atoms. The molecule has 0 heterocycles. The van der Waals surface area contributed by atoms with Crippen molar-refractivity contribution in [3.8, 4) is 0 Å². The van der Waals surface area contributed by atoms with Crippen molar-refractivity contribution < 1.29 is 79.7 Å². The predicted molar refractivity (Wildman–Crippen MR) is 43.3 cm³/mol. The summed E-state index contributed by atoms with van der Waals surface area (Å²) in [7, 11) is 0.